The van der Waals surface area contributed by atoms with Gasteiger partial charge in [0.05, 0.1) is 12.5 Å². The van der Waals surface area contributed by atoms with Gasteiger partial charge in [0.2, 0.25) is 0 Å². The molecule has 0 aromatic carbocycles. The maximum absolute atomic E-state index is 12.0. The molecule has 2 bridgehead atoms. The van der Waals surface area contributed by atoms with E-state index in [1.807, 2.05) is 0 Å². The van der Waals surface area contributed by atoms with E-state index in [2.05, 4.69) is 20.8 Å². The molecule has 2 rings (SSSR count). The van der Waals surface area contributed by atoms with E-state index >= 15 is 0 Å². The second-order valence-electron chi connectivity index (χ2n) is 5.93. The minimum absolute atomic E-state index is 0.0491. The minimum atomic E-state index is -0.337. The second kappa shape index (κ2) is 2.76. The zero-order valence-electron chi connectivity index (χ0n) is 10.1. The summed E-state index contributed by atoms with van der Waals surface area (Å²) in [5, 5.41) is 0. The normalized spacial score (nSPS) is 46.9. The summed E-state index contributed by atoms with van der Waals surface area (Å²) in [6.45, 7) is 6.56. The van der Waals surface area contributed by atoms with Crippen LogP contribution in [0.4, 0.5) is 0 Å². The summed E-state index contributed by atoms with van der Waals surface area (Å²) < 4.78 is 4.99. The highest BCUT2D eigenvalue weighted by Gasteiger charge is 2.72. The lowest BCUT2D eigenvalue weighted by molar-refractivity contribution is -0.158. The van der Waals surface area contributed by atoms with Crippen LogP contribution in [-0.2, 0) is 9.53 Å². The molecule has 2 N–H and O–H groups in total. The average molecular weight is 211 g/mol. The van der Waals surface area contributed by atoms with Crippen molar-refractivity contribution in [1.29, 1.82) is 0 Å². The third-order valence-corrected chi connectivity index (χ3v) is 5.66. The Kier molecular flexibility index (Phi) is 2.01. The topological polar surface area (TPSA) is 52.3 Å². The van der Waals surface area contributed by atoms with Gasteiger partial charge < -0.3 is 10.5 Å². The van der Waals surface area contributed by atoms with Crippen LogP contribution in [0, 0.1) is 16.2 Å². The number of rotatable bonds is 1. The molecular formula is C12H21NO2. The molecule has 15 heavy (non-hydrogen) atoms. The molecule has 3 nitrogen and oxygen atoms in total. The maximum atomic E-state index is 12.0. The van der Waals surface area contributed by atoms with Crippen LogP contribution in [0.3, 0.4) is 0 Å². The summed E-state index contributed by atoms with van der Waals surface area (Å²) in [6.07, 6.45) is 2.75. The van der Waals surface area contributed by atoms with Crippen LogP contribution in [0.2, 0.25) is 0 Å². The number of carbonyl (C=O) groups excluding carboxylic acids is 1. The van der Waals surface area contributed by atoms with Crippen molar-refractivity contribution in [1.82, 2.24) is 0 Å². The Hall–Kier alpha value is -0.570. The Morgan fingerprint density at radius 2 is 1.93 bits per heavy atom. The van der Waals surface area contributed by atoms with Crippen LogP contribution < -0.4 is 5.73 Å². The summed E-state index contributed by atoms with van der Waals surface area (Å²) in [6, 6.07) is 0.125. The van der Waals surface area contributed by atoms with E-state index in [-0.39, 0.29) is 28.3 Å². The monoisotopic (exact) mass is 211 g/mol. The molecule has 0 unspecified atom stereocenters. The number of hydrogen-bond acceptors (Lipinski definition) is 3. The number of carbonyl (C=O) groups is 1. The highest BCUT2D eigenvalue weighted by Crippen LogP contribution is 2.71. The Morgan fingerprint density at radius 1 is 1.33 bits per heavy atom. The van der Waals surface area contributed by atoms with Crippen molar-refractivity contribution in [3.8, 4) is 0 Å². The van der Waals surface area contributed by atoms with Gasteiger partial charge in [-0.2, -0.15) is 0 Å². The molecule has 0 aromatic rings. The highest BCUT2D eigenvalue weighted by atomic mass is 16.5. The van der Waals surface area contributed by atoms with E-state index < -0.39 is 0 Å². The van der Waals surface area contributed by atoms with Crippen LogP contribution in [0.5, 0.6) is 0 Å². The van der Waals surface area contributed by atoms with Crippen molar-refractivity contribution in [2.45, 2.75) is 46.1 Å². The average Bonchev–Trinajstić information content (AvgIpc) is 2.47. The minimum Gasteiger partial charge on any atom is -0.469 e. The first-order valence-corrected chi connectivity index (χ1v) is 5.66. The molecule has 0 heterocycles. The van der Waals surface area contributed by atoms with Crippen molar-refractivity contribution in [3.05, 3.63) is 0 Å². The Morgan fingerprint density at radius 3 is 2.27 bits per heavy atom. The molecule has 3 heteroatoms. The van der Waals surface area contributed by atoms with Gasteiger partial charge in [-0.05, 0) is 30.1 Å². The zero-order chi connectivity index (χ0) is 11.5. The standard InChI is InChI=1S/C12H21NO2/c1-10(2)11(3)5-6-12(10,7-8(11)13)9(14)15-4/h8H,5-7,13H2,1-4H3/t8-,11-,12-/m0/s1. The third kappa shape index (κ3) is 0.930. The molecule has 0 spiro atoms. The Labute approximate surface area is 91.4 Å². The first-order chi connectivity index (χ1) is 6.82. The predicted octanol–water partition coefficient (Wildman–Crippen LogP) is 1.70. The number of hydrogen-bond donors (Lipinski definition) is 1. The predicted molar refractivity (Wildman–Crippen MR) is 58.2 cm³/mol. The smallest absolute Gasteiger partial charge is 0.312 e. The van der Waals surface area contributed by atoms with Gasteiger partial charge in [-0.15, -0.1) is 0 Å². The molecule has 3 atom stereocenters. The van der Waals surface area contributed by atoms with Gasteiger partial charge in [-0.1, -0.05) is 20.8 Å². The van der Waals surface area contributed by atoms with Gasteiger partial charge in [0.15, 0.2) is 0 Å². The summed E-state index contributed by atoms with van der Waals surface area (Å²) in [7, 11) is 1.48. The maximum Gasteiger partial charge on any atom is 0.312 e. The van der Waals surface area contributed by atoms with Crippen LogP contribution in [-0.4, -0.2) is 19.1 Å². The van der Waals surface area contributed by atoms with E-state index in [0.717, 1.165) is 19.3 Å². The first-order valence-electron chi connectivity index (χ1n) is 5.66. The molecule has 2 fully saturated rings. The first kappa shape index (κ1) is 10.9. The number of nitrogens with two attached hydrogens (primary N) is 1. The number of esters is 1. The molecule has 0 radical (unpaired) electrons. The Balaban J connectivity index is 2.49. The van der Waals surface area contributed by atoms with Crippen molar-refractivity contribution in [3.63, 3.8) is 0 Å². The van der Waals surface area contributed by atoms with Gasteiger partial charge in [-0.3, -0.25) is 4.79 Å². The Bertz CT molecular complexity index is 313. The molecule has 2 aliphatic rings. The van der Waals surface area contributed by atoms with Crippen LogP contribution >= 0.6 is 0 Å². The largest absolute Gasteiger partial charge is 0.469 e. The molecule has 2 aliphatic carbocycles. The third-order valence-electron chi connectivity index (χ3n) is 5.66. The fourth-order valence-corrected chi connectivity index (χ4v) is 3.89. The molecular weight excluding hydrogens is 190 g/mol. The van der Waals surface area contributed by atoms with Crippen molar-refractivity contribution >= 4 is 5.97 Å². The molecule has 0 saturated heterocycles. The van der Waals surface area contributed by atoms with E-state index in [9.17, 15) is 4.79 Å². The summed E-state index contributed by atoms with van der Waals surface area (Å²) in [5.74, 6) is -0.0656. The lowest BCUT2D eigenvalue weighted by Gasteiger charge is -2.39. The van der Waals surface area contributed by atoms with Gasteiger partial charge in [-0.25, -0.2) is 0 Å². The number of ether oxygens (including phenoxy) is 1. The van der Waals surface area contributed by atoms with Gasteiger partial charge in [0, 0.05) is 6.04 Å². The SMILES string of the molecule is COC(=O)[C@]12CC[C@@](C)([C@@H](N)C1)C2(C)C. The summed E-state index contributed by atoms with van der Waals surface area (Å²) in [5.41, 5.74) is 5.90. The van der Waals surface area contributed by atoms with Gasteiger partial charge in [0.25, 0.3) is 0 Å². The van der Waals surface area contributed by atoms with Gasteiger partial charge >= 0.3 is 5.97 Å². The van der Waals surface area contributed by atoms with Crippen molar-refractivity contribution < 1.29 is 9.53 Å². The molecule has 86 valence electrons. The second-order valence-corrected chi connectivity index (χ2v) is 5.93. The van der Waals surface area contributed by atoms with Crippen LogP contribution in [0.25, 0.3) is 0 Å². The van der Waals surface area contributed by atoms with E-state index in [4.69, 9.17) is 10.5 Å². The number of methoxy groups -OCH3 is 1. The van der Waals surface area contributed by atoms with E-state index in [1.165, 1.54) is 7.11 Å². The molecule has 0 aromatic heterocycles. The lowest BCUT2D eigenvalue weighted by atomic mass is 9.65. The summed E-state index contributed by atoms with van der Waals surface area (Å²) in [4.78, 5) is 12.0. The fourth-order valence-electron chi connectivity index (χ4n) is 3.89. The summed E-state index contributed by atoms with van der Waals surface area (Å²) >= 11 is 0. The fraction of sp³-hybridized carbons (Fsp3) is 0.917. The van der Waals surface area contributed by atoms with E-state index in [0.29, 0.717) is 0 Å². The van der Waals surface area contributed by atoms with Crippen molar-refractivity contribution in [2.75, 3.05) is 7.11 Å². The molecule has 0 aliphatic heterocycles. The highest BCUT2D eigenvalue weighted by molar-refractivity contribution is 5.79. The van der Waals surface area contributed by atoms with Crippen molar-refractivity contribution in [2.24, 2.45) is 22.0 Å². The zero-order valence-corrected chi connectivity index (χ0v) is 10.1. The lowest BCUT2D eigenvalue weighted by Crippen LogP contribution is -2.42. The van der Waals surface area contributed by atoms with E-state index in [1.54, 1.807) is 0 Å². The van der Waals surface area contributed by atoms with Crippen LogP contribution in [0.15, 0.2) is 0 Å². The van der Waals surface area contributed by atoms with Crippen LogP contribution in [0.1, 0.15) is 40.0 Å². The number of fused-ring (bicyclic) bond motifs is 2. The molecule has 2 saturated carbocycles. The van der Waals surface area contributed by atoms with Gasteiger partial charge in [0.1, 0.15) is 0 Å². The molecule has 0 amide bonds. The quantitative estimate of drug-likeness (QED) is 0.672.